The number of hydrogen-bond acceptors (Lipinski definition) is 3. The van der Waals surface area contributed by atoms with Crippen LogP contribution in [0.1, 0.15) is 13.8 Å². The molecular formula is C7H13NO2S. The van der Waals surface area contributed by atoms with Crippen LogP contribution in [0.15, 0.2) is 0 Å². The number of thioether (sulfide) groups is 1. The fraction of sp³-hybridized carbons (Fsp3) is 0.857. The second kappa shape index (κ2) is 2.68. The predicted octanol–water partition coefficient (Wildman–Crippen LogP) is 0.854. The standard InChI is InChI=1S/C7H13NO2S/c1-7(2)5(6(9)10)8(3)4-11-7/h5H,4H2,1-3H3,(H,9,10). The maximum Gasteiger partial charge on any atom is 0.322 e. The van der Waals surface area contributed by atoms with Gasteiger partial charge in [-0.05, 0) is 20.9 Å². The molecule has 0 bridgehead atoms. The van der Waals surface area contributed by atoms with Crippen molar-refractivity contribution in [2.75, 3.05) is 12.9 Å². The molecule has 0 amide bonds. The molecule has 0 aromatic carbocycles. The third-order valence-electron chi connectivity index (χ3n) is 1.97. The Kier molecular flexibility index (Phi) is 2.16. The summed E-state index contributed by atoms with van der Waals surface area (Å²) in [6.07, 6.45) is 0. The monoisotopic (exact) mass is 175 g/mol. The number of nitrogens with zero attached hydrogens (tertiary/aromatic N) is 1. The first kappa shape index (κ1) is 8.87. The van der Waals surface area contributed by atoms with Crippen LogP contribution >= 0.6 is 11.8 Å². The maximum absolute atomic E-state index is 10.8. The SMILES string of the molecule is CN1CSC(C)(C)C1C(=O)O. The third-order valence-corrected chi connectivity index (χ3v) is 3.48. The van der Waals surface area contributed by atoms with Crippen molar-refractivity contribution in [1.29, 1.82) is 0 Å². The topological polar surface area (TPSA) is 40.5 Å². The molecule has 0 radical (unpaired) electrons. The lowest BCUT2D eigenvalue weighted by Crippen LogP contribution is -2.44. The van der Waals surface area contributed by atoms with E-state index in [0.29, 0.717) is 0 Å². The van der Waals surface area contributed by atoms with Gasteiger partial charge in [-0.3, -0.25) is 9.69 Å². The molecule has 1 rings (SSSR count). The number of carboxylic acid groups (broad SMARTS) is 1. The molecule has 64 valence electrons. The van der Waals surface area contributed by atoms with E-state index in [1.54, 1.807) is 11.8 Å². The van der Waals surface area contributed by atoms with Gasteiger partial charge in [0.05, 0.1) is 0 Å². The number of carboxylic acids is 1. The van der Waals surface area contributed by atoms with Crippen molar-refractivity contribution in [3.63, 3.8) is 0 Å². The van der Waals surface area contributed by atoms with E-state index in [4.69, 9.17) is 5.11 Å². The van der Waals surface area contributed by atoms with E-state index in [1.165, 1.54) is 0 Å². The Balaban J connectivity index is 2.80. The lowest BCUT2D eigenvalue weighted by molar-refractivity contribution is -0.142. The molecule has 3 nitrogen and oxygen atoms in total. The van der Waals surface area contributed by atoms with Crippen molar-refractivity contribution in [2.24, 2.45) is 0 Å². The molecule has 11 heavy (non-hydrogen) atoms. The lowest BCUT2D eigenvalue weighted by atomic mass is 10.0. The molecule has 1 atom stereocenters. The van der Waals surface area contributed by atoms with Crippen LogP contribution in [0.4, 0.5) is 0 Å². The van der Waals surface area contributed by atoms with Crippen LogP contribution < -0.4 is 0 Å². The van der Waals surface area contributed by atoms with E-state index in [-0.39, 0.29) is 10.8 Å². The minimum Gasteiger partial charge on any atom is -0.480 e. The molecule has 1 N–H and O–H groups in total. The molecule has 0 aliphatic carbocycles. The molecule has 1 saturated heterocycles. The van der Waals surface area contributed by atoms with E-state index in [0.717, 1.165) is 5.88 Å². The number of carbonyl (C=O) groups is 1. The summed E-state index contributed by atoms with van der Waals surface area (Å²) in [5.74, 6) is 0.0896. The lowest BCUT2D eigenvalue weighted by Gasteiger charge is -2.24. The van der Waals surface area contributed by atoms with Crippen LogP contribution in [0.5, 0.6) is 0 Å². The summed E-state index contributed by atoms with van der Waals surface area (Å²) in [5.41, 5.74) is 0. The summed E-state index contributed by atoms with van der Waals surface area (Å²) in [6, 6.07) is -0.340. The van der Waals surface area contributed by atoms with Gasteiger partial charge < -0.3 is 5.11 Å². The van der Waals surface area contributed by atoms with Gasteiger partial charge in [-0.15, -0.1) is 11.8 Å². The van der Waals surface area contributed by atoms with Gasteiger partial charge in [-0.2, -0.15) is 0 Å². The van der Waals surface area contributed by atoms with Crippen LogP contribution in [0.25, 0.3) is 0 Å². The van der Waals surface area contributed by atoms with Gasteiger partial charge in [0.1, 0.15) is 6.04 Å². The summed E-state index contributed by atoms with van der Waals surface area (Å²) >= 11 is 1.69. The fourth-order valence-corrected chi connectivity index (χ4v) is 2.56. The van der Waals surface area contributed by atoms with Crippen molar-refractivity contribution in [1.82, 2.24) is 4.90 Å². The molecule has 1 unspecified atom stereocenters. The summed E-state index contributed by atoms with van der Waals surface area (Å²) < 4.78 is -0.152. The van der Waals surface area contributed by atoms with Gasteiger partial charge in [-0.1, -0.05) is 0 Å². The highest BCUT2D eigenvalue weighted by Gasteiger charge is 2.44. The van der Waals surface area contributed by atoms with Gasteiger partial charge in [0.25, 0.3) is 0 Å². The highest BCUT2D eigenvalue weighted by atomic mass is 32.2. The fourth-order valence-electron chi connectivity index (χ4n) is 1.44. The summed E-state index contributed by atoms with van der Waals surface area (Å²) in [6.45, 7) is 3.94. The van der Waals surface area contributed by atoms with E-state index in [9.17, 15) is 4.79 Å². The molecule has 0 aromatic heterocycles. The zero-order chi connectivity index (χ0) is 8.65. The van der Waals surface area contributed by atoms with E-state index < -0.39 is 5.97 Å². The Morgan fingerprint density at radius 2 is 2.27 bits per heavy atom. The number of likely N-dealkylation sites (N-methyl/N-ethyl adjacent to an activating group) is 1. The molecule has 1 aliphatic rings. The van der Waals surface area contributed by atoms with Crippen molar-refractivity contribution in [3.8, 4) is 0 Å². The van der Waals surface area contributed by atoms with Gasteiger partial charge in [-0.25, -0.2) is 0 Å². The second-order valence-electron chi connectivity index (χ2n) is 3.37. The average Bonchev–Trinajstić information content (AvgIpc) is 2.06. The first-order valence-corrected chi connectivity index (χ1v) is 4.51. The molecule has 1 heterocycles. The Labute approximate surface area is 70.8 Å². The Bertz CT molecular complexity index is 181. The van der Waals surface area contributed by atoms with Crippen LogP contribution in [-0.4, -0.2) is 39.7 Å². The highest BCUT2D eigenvalue weighted by Crippen LogP contribution is 2.37. The highest BCUT2D eigenvalue weighted by molar-refractivity contribution is 8.00. The molecule has 4 heteroatoms. The van der Waals surface area contributed by atoms with Crippen molar-refractivity contribution >= 4 is 17.7 Å². The predicted molar refractivity (Wildman–Crippen MR) is 45.7 cm³/mol. The zero-order valence-corrected chi connectivity index (χ0v) is 7.81. The van der Waals surface area contributed by atoms with Crippen LogP contribution in [0.2, 0.25) is 0 Å². The second-order valence-corrected chi connectivity index (χ2v) is 4.97. The minimum absolute atomic E-state index is 0.152. The van der Waals surface area contributed by atoms with E-state index in [2.05, 4.69) is 0 Å². The summed E-state index contributed by atoms with van der Waals surface area (Å²) in [7, 11) is 1.85. The van der Waals surface area contributed by atoms with E-state index >= 15 is 0 Å². The van der Waals surface area contributed by atoms with Gasteiger partial charge in [0.2, 0.25) is 0 Å². The van der Waals surface area contributed by atoms with Gasteiger partial charge >= 0.3 is 5.97 Å². The number of rotatable bonds is 1. The third kappa shape index (κ3) is 1.51. The normalized spacial score (nSPS) is 30.6. The molecule has 1 aliphatic heterocycles. The Morgan fingerprint density at radius 3 is 2.45 bits per heavy atom. The van der Waals surface area contributed by atoms with Crippen LogP contribution in [0.3, 0.4) is 0 Å². The largest absolute Gasteiger partial charge is 0.480 e. The maximum atomic E-state index is 10.8. The van der Waals surface area contributed by atoms with Crippen molar-refractivity contribution < 1.29 is 9.90 Å². The van der Waals surface area contributed by atoms with Crippen LogP contribution in [0, 0.1) is 0 Å². The van der Waals surface area contributed by atoms with Crippen molar-refractivity contribution in [3.05, 3.63) is 0 Å². The van der Waals surface area contributed by atoms with Crippen molar-refractivity contribution in [2.45, 2.75) is 24.6 Å². The first-order valence-electron chi connectivity index (χ1n) is 3.52. The Hall–Kier alpha value is -0.220. The first-order chi connectivity index (χ1) is 4.95. The van der Waals surface area contributed by atoms with E-state index in [1.807, 2.05) is 25.8 Å². The quantitative estimate of drug-likeness (QED) is 0.641. The molecule has 0 saturated carbocycles. The zero-order valence-electron chi connectivity index (χ0n) is 7.00. The minimum atomic E-state index is -0.720. The van der Waals surface area contributed by atoms with Gasteiger partial charge in [0.15, 0.2) is 0 Å². The summed E-state index contributed by atoms with van der Waals surface area (Å²) in [4.78, 5) is 12.6. The smallest absolute Gasteiger partial charge is 0.322 e. The average molecular weight is 175 g/mol. The number of aliphatic carboxylic acids is 1. The van der Waals surface area contributed by atoms with Crippen LogP contribution in [-0.2, 0) is 4.79 Å². The molecule has 0 aromatic rings. The molecule has 1 fully saturated rings. The van der Waals surface area contributed by atoms with Gasteiger partial charge in [0, 0.05) is 10.6 Å². The number of hydrogen-bond donors (Lipinski definition) is 1. The Morgan fingerprint density at radius 1 is 1.73 bits per heavy atom. The molecule has 0 spiro atoms. The molecular weight excluding hydrogens is 162 g/mol. The summed E-state index contributed by atoms with van der Waals surface area (Å²) in [5, 5.41) is 8.86.